The first kappa shape index (κ1) is 31.8. The lowest BCUT2D eigenvalue weighted by Gasteiger charge is -2.41. The van der Waals surface area contributed by atoms with Gasteiger partial charge < -0.3 is 54.0 Å². The molecule has 0 radical (unpaired) electrons. The minimum Gasteiger partial charge on any atom is -0.508 e. The summed E-state index contributed by atoms with van der Waals surface area (Å²) in [5.41, 5.74) is -0.394. The number of rotatable bonds is 8. The van der Waals surface area contributed by atoms with Crippen LogP contribution in [0.4, 0.5) is 0 Å². The van der Waals surface area contributed by atoms with Gasteiger partial charge in [-0.1, -0.05) is 12.1 Å². The molecule has 4 aromatic rings. The van der Waals surface area contributed by atoms with E-state index in [1.165, 1.54) is 42.5 Å². The van der Waals surface area contributed by atoms with E-state index in [1.807, 2.05) is 0 Å². The van der Waals surface area contributed by atoms with Crippen LogP contribution in [0.25, 0.3) is 28.4 Å². The summed E-state index contributed by atoms with van der Waals surface area (Å²) >= 11 is 0. The fraction of sp³-hybridized carbons (Fsp3) is 0.219. The first-order chi connectivity index (χ1) is 21.9. The molecule has 0 bridgehead atoms. The van der Waals surface area contributed by atoms with E-state index < -0.39 is 71.9 Å². The van der Waals surface area contributed by atoms with Gasteiger partial charge in [0.25, 0.3) is 0 Å². The molecule has 2 heterocycles. The van der Waals surface area contributed by atoms with Crippen LogP contribution in [0, 0.1) is 0 Å². The summed E-state index contributed by atoms with van der Waals surface area (Å²) in [6.07, 6.45) is -6.06. The Morgan fingerprint density at radius 2 is 1.54 bits per heavy atom. The molecule has 0 amide bonds. The Morgan fingerprint density at radius 3 is 2.20 bits per heavy atom. The monoisotopic (exact) mass is 636 g/mol. The quantitative estimate of drug-likeness (QED) is 0.121. The number of fused-ring (bicyclic) bond motifs is 1. The second-order valence-corrected chi connectivity index (χ2v) is 10.2. The molecule has 2 unspecified atom stereocenters. The van der Waals surface area contributed by atoms with Gasteiger partial charge in [-0.15, -0.1) is 0 Å². The maximum Gasteiger partial charge on any atom is 0.330 e. The topological polar surface area (TPSA) is 223 Å². The van der Waals surface area contributed by atoms with Crippen molar-refractivity contribution in [1.29, 1.82) is 0 Å². The van der Waals surface area contributed by atoms with Crippen LogP contribution in [0.2, 0.25) is 0 Å². The number of phenols is 4. The minimum absolute atomic E-state index is 0.0391. The van der Waals surface area contributed by atoms with Crippen molar-refractivity contribution < 1.29 is 63.6 Å². The predicted molar refractivity (Wildman–Crippen MR) is 158 cm³/mol. The number of ether oxygens (including phenoxy) is 4. The highest BCUT2D eigenvalue weighted by Crippen LogP contribution is 2.37. The van der Waals surface area contributed by atoms with Gasteiger partial charge in [-0.2, -0.15) is 0 Å². The lowest BCUT2D eigenvalue weighted by molar-refractivity contribution is -0.282. The third kappa shape index (κ3) is 6.89. The van der Waals surface area contributed by atoms with Crippen LogP contribution < -0.4 is 10.2 Å². The molecule has 1 saturated heterocycles. The fourth-order valence-corrected chi connectivity index (χ4v) is 4.72. The lowest BCUT2D eigenvalue weighted by Crippen LogP contribution is -2.61. The molecule has 0 saturated carbocycles. The van der Waals surface area contributed by atoms with Gasteiger partial charge in [-0.05, 0) is 48.0 Å². The number of hydrogen-bond acceptors (Lipinski definition) is 14. The van der Waals surface area contributed by atoms with Crippen molar-refractivity contribution in [3.05, 3.63) is 82.5 Å². The van der Waals surface area contributed by atoms with E-state index in [1.54, 1.807) is 12.1 Å². The Labute approximate surface area is 259 Å². The van der Waals surface area contributed by atoms with Gasteiger partial charge >= 0.3 is 11.9 Å². The maximum atomic E-state index is 13.7. The third-order valence-electron chi connectivity index (χ3n) is 6.92. The molecule has 0 spiro atoms. The van der Waals surface area contributed by atoms with Crippen LogP contribution in [-0.4, -0.2) is 79.9 Å². The molecule has 3 aromatic carbocycles. The van der Waals surface area contributed by atoms with Gasteiger partial charge in [0.15, 0.2) is 18.0 Å². The van der Waals surface area contributed by atoms with Gasteiger partial charge in [-0.3, -0.25) is 9.59 Å². The van der Waals surface area contributed by atoms with E-state index in [-0.39, 0.29) is 33.8 Å². The molecule has 46 heavy (non-hydrogen) atoms. The Kier molecular flexibility index (Phi) is 9.13. The number of benzene rings is 3. The molecule has 1 fully saturated rings. The number of aromatic hydroxyl groups is 4. The Bertz CT molecular complexity index is 1830. The predicted octanol–water partition coefficient (Wildman–Crippen LogP) is 2.30. The van der Waals surface area contributed by atoms with E-state index in [2.05, 4.69) is 0 Å². The summed E-state index contributed by atoms with van der Waals surface area (Å²) in [4.78, 5) is 37.9. The maximum absolute atomic E-state index is 13.7. The number of aliphatic hydroxyl groups is 2. The second-order valence-electron chi connectivity index (χ2n) is 10.2. The molecule has 1 aliphatic rings. The molecular weight excluding hydrogens is 608 g/mol. The average Bonchev–Trinajstić information content (AvgIpc) is 3.00. The molecule has 5 atom stereocenters. The average molecular weight is 637 g/mol. The van der Waals surface area contributed by atoms with Gasteiger partial charge in [0.1, 0.15) is 52.8 Å². The summed E-state index contributed by atoms with van der Waals surface area (Å²) in [7, 11) is 0. The van der Waals surface area contributed by atoms with Crippen LogP contribution in [0.5, 0.6) is 28.7 Å². The molecular formula is C32H28O14. The van der Waals surface area contributed by atoms with Crippen LogP contribution in [0.1, 0.15) is 12.5 Å². The second kappa shape index (κ2) is 13.2. The molecule has 14 nitrogen and oxygen atoms in total. The van der Waals surface area contributed by atoms with Crippen LogP contribution >= 0.6 is 0 Å². The zero-order valence-corrected chi connectivity index (χ0v) is 24.0. The van der Waals surface area contributed by atoms with E-state index in [0.29, 0.717) is 5.56 Å². The van der Waals surface area contributed by atoms with Crippen molar-refractivity contribution in [2.24, 2.45) is 0 Å². The lowest BCUT2D eigenvalue weighted by atomic mass is 9.99. The van der Waals surface area contributed by atoms with E-state index in [0.717, 1.165) is 25.1 Å². The molecule has 14 heteroatoms. The molecule has 240 valence electrons. The van der Waals surface area contributed by atoms with Gasteiger partial charge in [0.05, 0.1) is 0 Å². The van der Waals surface area contributed by atoms with Gasteiger partial charge in [0.2, 0.25) is 17.5 Å². The van der Waals surface area contributed by atoms with E-state index >= 15 is 0 Å². The number of hydrogen-bond donors (Lipinski definition) is 6. The summed E-state index contributed by atoms with van der Waals surface area (Å²) in [6, 6.07) is 13.3. The molecule has 1 aliphatic heterocycles. The van der Waals surface area contributed by atoms with Crippen molar-refractivity contribution in [3.8, 4) is 40.1 Å². The van der Waals surface area contributed by atoms with Crippen LogP contribution in [0.15, 0.2) is 76.0 Å². The van der Waals surface area contributed by atoms with Gasteiger partial charge in [0, 0.05) is 30.7 Å². The van der Waals surface area contributed by atoms with Crippen molar-refractivity contribution in [2.45, 2.75) is 37.6 Å². The molecule has 1 aromatic heterocycles. The molecule has 6 N–H and O–H groups in total. The summed E-state index contributed by atoms with van der Waals surface area (Å²) in [5, 5.41) is 61.1. The zero-order chi connectivity index (χ0) is 33.1. The highest BCUT2D eigenvalue weighted by molar-refractivity contribution is 5.88. The summed E-state index contributed by atoms with van der Waals surface area (Å²) in [6.45, 7) is 0.425. The number of aliphatic hydroxyl groups excluding tert-OH is 2. The normalized spacial score (nSPS) is 21.2. The van der Waals surface area contributed by atoms with Crippen molar-refractivity contribution in [3.63, 3.8) is 0 Å². The number of esters is 2. The van der Waals surface area contributed by atoms with Crippen molar-refractivity contribution in [1.82, 2.24) is 0 Å². The standard InChI is InChI=1S/C32H28O14/c1-15(33)43-30-26(39)23(14-42-24(38)11-4-16-2-7-18(34)8-3-16)45-32(28(30)41)46-31-27(40)25-21(37)12-20(36)13-22(25)44-29(31)17-5-9-19(35)10-6-17/h2-13,23,26,28,30,32,34-37,39,41H,14H2,1H3/b11-4+/t23?,26-,28?,30+,32+/m1/s1. The fourth-order valence-electron chi connectivity index (χ4n) is 4.72. The SMILES string of the molecule is CC(=O)O[C@@H]1C(O)[C@H](Oc2c(-c3ccc(O)cc3)oc3cc(O)cc(O)c3c2=O)OC(COC(=O)/C=C/c2ccc(O)cc2)[C@H]1O. The third-order valence-corrected chi connectivity index (χ3v) is 6.92. The molecule has 0 aliphatic carbocycles. The minimum atomic E-state index is -1.89. The summed E-state index contributed by atoms with van der Waals surface area (Å²) < 4.78 is 27.7. The Hall–Kier alpha value is -5.57. The highest BCUT2D eigenvalue weighted by atomic mass is 16.7. The number of phenolic OH excluding ortho intramolecular Hbond substituents is 4. The first-order valence-electron chi connectivity index (χ1n) is 13.7. The smallest absolute Gasteiger partial charge is 0.330 e. The highest BCUT2D eigenvalue weighted by Gasteiger charge is 2.49. The van der Waals surface area contributed by atoms with Crippen LogP contribution in [-0.2, 0) is 23.8 Å². The largest absolute Gasteiger partial charge is 0.508 e. The molecule has 5 rings (SSSR count). The summed E-state index contributed by atoms with van der Waals surface area (Å²) in [5.74, 6) is -3.69. The van der Waals surface area contributed by atoms with Crippen molar-refractivity contribution >= 4 is 29.0 Å². The zero-order valence-electron chi connectivity index (χ0n) is 24.0. The van der Waals surface area contributed by atoms with Crippen LogP contribution in [0.3, 0.4) is 0 Å². The first-order valence-corrected chi connectivity index (χ1v) is 13.7. The number of carbonyl (C=O) groups is 2. The van der Waals surface area contributed by atoms with Gasteiger partial charge in [-0.25, -0.2) is 4.79 Å². The van der Waals surface area contributed by atoms with Crippen molar-refractivity contribution in [2.75, 3.05) is 6.61 Å². The Morgan fingerprint density at radius 1 is 0.891 bits per heavy atom. The Balaban J connectivity index is 1.47. The van der Waals surface area contributed by atoms with E-state index in [4.69, 9.17) is 23.4 Å². The van der Waals surface area contributed by atoms with E-state index in [9.17, 15) is 45.0 Å². The number of carbonyl (C=O) groups excluding carboxylic acids is 2.